The van der Waals surface area contributed by atoms with E-state index in [1.165, 1.54) is 10.6 Å². The maximum absolute atomic E-state index is 12.2. The molecule has 0 aliphatic carbocycles. The highest BCUT2D eigenvalue weighted by atomic mass is 16.2. The highest BCUT2D eigenvalue weighted by Crippen LogP contribution is 2.12. The molecule has 2 aromatic carbocycles. The minimum atomic E-state index is -0.398. The van der Waals surface area contributed by atoms with E-state index >= 15 is 0 Å². The van der Waals surface area contributed by atoms with Gasteiger partial charge in [0, 0.05) is 6.07 Å². The van der Waals surface area contributed by atoms with E-state index in [9.17, 15) is 9.59 Å². The molecule has 4 nitrogen and oxygen atoms in total. The maximum atomic E-state index is 12.2. The Balaban J connectivity index is 2.02. The molecule has 3 aromatic rings. The molecule has 0 saturated heterocycles. The molecule has 0 fully saturated rings. The molecule has 0 unspecified atom stereocenters. The molecule has 1 aromatic heterocycles. The second-order valence-electron chi connectivity index (χ2n) is 4.76. The molecule has 0 atom stereocenters. The normalized spacial score (nSPS) is 10.5. The van der Waals surface area contributed by atoms with Crippen LogP contribution in [0, 0.1) is 0 Å². The van der Waals surface area contributed by atoms with Crippen LogP contribution in [0.4, 0.5) is 0 Å². The Hall–Kier alpha value is -2.88. The van der Waals surface area contributed by atoms with Gasteiger partial charge in [-0.2, -0.15) is 0 Å². The van der Waals surface area contributed by atoms with Crippen molar-refractivity contribution in [3.8, 4) is 11.3 Å². The lowest BCUT2D eigenvalue weighted by Gasteiger charge is -2.06. The van der Waals surface area contributed by atoms with Crippen molar-refractivity contribution in [2.24, 2.45) is 0 Å². The number of hydrogen-bond donors (Lipinski definition) is 1. The summed E-state index contributed by atoms with van der Waals surface area (Å²) in [4.78, 5) is 27.1. The number of hydrogen-bond acceptors (Lipinski definition) is 2. The summed E-state index contributed by atoms with van der Waals surface area (Å²) in [6.45, 7) is 0.268. The van der Waals surface area contributed by atoms with Crippen LogP contribution < -0.4 is 11.2 Å². The summed E-state index contributed by atoms with van der Waals surface area (Å²) in [5.41, 5.74) is 1.57. The molecular weight excluding hydrogens is 264 g/mol. The van der Waals surface area contributed by atoms with Crippen LogP contribution in [-0.4, -0.2) is 9.55 Å². The van der Waals surface area contributed by atoms with E-state index in [2.05, 4.69) is 4.98 Å². The number of aromatic nitrogens is 2. The number of benzene rings is 2. The third kappa shape index (κ3) is 2.84. The van der Waals surface area contributed by atoms with E-state index in [0.717, 1.165) is 11.1 Å². The van der Waals surface area contributed by atoms with Crippen LogP contribution in [0.15, 0.2) is 76.3 Å². The summed E-state index contributed by atoms with van der Waals surface area (Å²) in [6.07, 6.45) is 0. The summed E-state index contributed by atoms with van der Waals surface area (Å²) >= 11 is 0. The SMILES string of the molecule is O=c1cc(-c2ccccc2)[nH]c(=O)n1Cc1ccccc1. The van der Waals surface area contributed by atoms with Crippen molar-refractivity contribution in [1.82, 2.24) is 9.55 Å². The van der Waals surface area contributed by atoms with Gasteiger partial charge in [0.25, 0.3) is 5.56 Å². The Bertz CT molecular complexity index is 818. The fourth-order valence-corrected chi connectivity index (χ4v) is 2.21. The molecular formula is C17H14N2O2. The van der Waals surface area contributed by atoms with Crippen LogP contribution in [0.2, 0.25) is 0 Å². The molecule has 0 amide bonds. The predicted octanol–water partition coefficient (Wildman–Crippen LogP) is 2.25. The molecule has 0 aliphatic heterocycles. The molecule has 0 radical (unpaired) electrons. The highest BCUT2D eigenvalue weighted by molar-refractivity contribution is 5.57. The first-order valence-electron chi connectivity index (χ1n) is 6.67. The molecule has 0 bridgehead atoms. The zero-order valence-electron chi connectivity index (χ0n) is 11.3. The first-order chi connectivity index (χ1) is 10.2. The number of aromatic amines is 1. The van der Waals surface area contributed by atoms with E-state index in [1.807, 2.05) is 60.7 Å². The van der Waals surface area contributed by atoms with Crippen molar-refractivity contribution < 1.29 is 0 Å². The van der Waals surface area contributed by atoms with Gasteiger partial charge in [-0.1, -0.05) is 60.7 Å². The lowest BCUT2D eigenvalue weighted by molar-refractivity contribution is 0.701. The third-order valence-corrected chi connectivity index (χ3v) is 3.29. The van der Waals surface area contributed by atoms with Crippen LogP contribution in [0.25, 0.3) is 11.3 Å². The molecule has 0 saturated carbocycles. The van der Waals surface area contributed by atoms with Gasteiger partial charge in [0.05, 0.1) is 12.2 Å². The quantitative estimate of drug-likeness (QED) is 0.799. The molecule has 1 N–H and O–H groups in total. The number of nitrogens with one attached hydrogen (secondary N) is 1. The van der Waals surface area contributed by atoms with Crippen molar-refractivity contribution in [2.75, 3.05) is 0 Å². The first-order valence-corrected chi connectivity index (χ1v) is 6.67. The molecule has 0 aliphatic rings. The third-order valence-electron chi connectivity index (χ3n) is 3.29. The van der Waals surface area contributed by atoms with Crippen molar-refractivity contribution in [3.05, 3.63) is 93.1 Å². The van der Waals surface area contributed by atoms with Gasteiger partial charge in [-0.3, -0.25) is 9.36 Å². The minimum Gasteiger partial charge on any atom is -0.307 e. The van der Waals surface area contributed by atoms with Crippen LogP contribution >= 0.6 is 0 Å². The summed E-state index contributed by atoms with van der Waals surface area (Å²) < 4.78 is 1.20. The molecule has 3 rings (SSSR count). The van der Waals surface area contributed by atoms with Crippen LogP contribution in [0.3, 0.4) is 0 Å². The van der Waals surface area contributed by atoms with Crippen molar-refractivity contribution in [1.29, 1.82) is 0 Å². The second-order valence-corrected chi connectivity index (χ2v) is 4.76. The van der Waals surface area contributed by atoms with Crippen molar-refractivity contribution in [2.45, 2.75) is 6.54 Å². The average Bonchev–Trinajstić information content (AvgIpc) is 2.52. The van der Waals surface area contributed by atoms with E-state index < -0.39 is 5.69 Å². The maximum Gasteiger partial charge on any atom is 0.329 e. The lowest BCUT2D eigenvalue weighted by Crippen LogP contribution is -2.35. The number of nitrogens with zero attached hydrogens (tertiary/aromatic N) is 1. The zero-order chi connectivity index (χ0) is 14.7. The molecule has 4 heteroatoms. The minimum absolute atomic E-state index is 0.268. The van der Waals surface area contributed by atoms with Crippen molar-refractivity contribution >= 4 is 0 Å². The monoisotopic (exact) mass is 278 g/mol. The van der Waals surface area contributed by atoms with Gasteiger partial charge in [-0.05, 0) is 11.1 Å². The van der Waals surface area contributed by atoms with E-state index in [1.54, 1.807) is 0 Å². The first kappa shape index (κ1) is 13.1. The van der Waals surface area contributed by atoms with Crippen LogP contribution in [-0.2, 0) is 6.54 Å². The smallest absolute Gasteiger partial charge is 0.307 e. The molecule has 1 heterocycles. The van der Waals surface area contributed by atoms with Gasteiger partial charge in [0.1, 0.15) is 0 Å². The number of rotatable bonds is 3. The van der Waals surface area contributed by atoms with Crippen molar-refractivity contribution in [3.63, 3.8) is 0 Å². The fourth-order valence-electron chi connectivity index (χ4n) is 2.21. The number of H-pyrrole nitrogens is 1. The highest BCUT2D eigenvalue weighted by Gasteiger charge is 2.06. The van der Waals surface area contributed by atoms with Crippen LogP contribution in [0.5, 0.6) is 0 Å². The Kier molecular flexibility index (Phi) is 3.51. The Morgan fingerprint density at radius 2 is 1.48 bits per heavy atom. The topological polar surface area (TPSA) is 54.9 Å². The van der Waals surface area contributed by atoms with E-state index in [0.29, 0.717) is 5.69 Å². The van der Waals surface area contributed by atoms with Gasteiger partial charge >= 0.3 is 5.69 Å². The van der Waals surface area contributed by atoms with Gasteiger partial charge < -0.3 is 4.98 Å². The zero-order valence-corrected chi connectivity index (χ0v) is 11.3. The summed E-state index contributed by atoms with van der Waals surface area (Å²) in [5.74, 6) is 0. The van der Waals surface area contributed by atoms with Gasteiger partial charge in [0.2, 0.25) is 0 Å². The molecule has 0 spiro atoms. The van der Waals surface area contributed by atoms with E-state index in [-0.39, 0.29) is 12.1 Å². The Labute approximate surface area is 121 Å². The largest absolute Gasteiger partial charge is 0.329 e. The van der Waals surface area contributed by atoms with Gasteiger partial charge in [0.15, 0.2) is 0 Å². The van der Waals surface area contributed by atoms with Gasteiger partial charge in [-0.25, -0.2) is 4.79 Å². The molecule has 21 heavy (non-hydrogen) atoms. The Morgan fingerprint density at radius 1 is 0.857 bits per heavy atom. The summed E-state index contributed by atoms with van der Waals surface area (Å²) in [7, 11) is 0. The average molecular weight is 278 g/mol. The van der Waals surface area contributed by atoms with Crippen LogP contribution in [0.1, 0.15) is 5.56 Å². The second kappa shape index (κ2) is 5.63. The lowest BCUT2D eigenvalue weighted by atomic mass is 10.1. The fraction of sp³-hybridized carbons (Fsp3) is 0.0588. The Morgan fingerprint density at radius 3 is 2.10 bits per heavy atom. The molecule has 104 valence electrons. The summed E-state index contributed by atoms with van der Waals surface area (Å²) in [5, 5.41) is 0. The van der Waals surface area contributed by atoms with Gasteiger partial charge in [-0.15, -0.1) is 0 Å². The summed E-state index contributed by atoms with van der Waals surface area (Å²) in [6, 6.07) is 20.2. The predicted molar refractivity (Wildman–Crippen MR) is 82.3 cm³/mol. The standard InChI is InChI=1S/C17H14N2O2/c20-16-11-15(14-9-5-2-6-10-14)18-17(21)19(16)12-13-7-3-1-4-8-13/h1-11H,12H2,(H,18,21). The van der Waals surface area contributed by atoms with E-state index in [4.69, 9.17) is 0 Å².